The van der Waals surface area contributed by atoms with Gasteiger partial charge in [0.25, 0.3) is 0 Å². The molecule has 0 unspecified atom stereocenters. The topological polar surface area (TPSA) is 32.5 Å². The highest BCUT2D eigenvalue weighted by atomic mass is 32.1. The van der Waals surface area contributed by atoms with Crippen LogP contribution in [0.25, 0.3) is 0 Å². The molecule has 0 saturated carbocycles. The maximum atomic E-state index is 5.61. The largest absolute Gasteiger partial charge is 0.389 e. The minimum absolute atomic E-state index is 0.455. The Morgan fingerprint density at radius 2 is 1.72 bits per heavy atom. The van der Waals surface area contributed by atoms with Crippen LogP contribution in [0.15, 0.2) is 24.3 Å². The molecule has 0 aliphatic heterocycles. The van der Waals surface area contributed by atoms with Gasteiger partial charge in [0.15, 0.2) is 0 Å². The summed E-state index contributed by atoms with van der Waals surface area (Å²) >= 11 is 4.97. The van der Waals surface area contributed by atoms with Crippen LogP contribution >= 0.6 is 12.2 Å². The molecule has 0 fully saturated rings. The molecule has 0 aliphatic rings. The fourth-order valence-electron chi connectivity index (χ4n) is 1.80. The number of likely N-dealkylation sites (N-methyl/N-ethyl adjacent to an activating group) is 1. The van der Waals surface area contributed by atoms with Gasteiger partial charge >= 0.3 is 0 Å². The molecule has 18 heavy (non-hydrogen) atoms. The van der Waals surface area contributed by atoms with E-state index in [0.717, 1.165) is 31.6 Å². The lowest BCUT2D eigenvalue weighted by Crippen LogP contribution is -2.32. The van der Waals surface area contributed by atoms with Gasteiger partial charge in [-0.25, -0.2) is 0 Å². The average molecular weight is 265 g/mol. The molecule has 0 saturated heterocycles. The van der Waals surface area contributed by atoms with Gasteiger partial charge in [-0.15, -0.1) is 0 Å². The number of thiocarbonyl (C=S) groups is 1. The summed E-state index contributed by atoms with van der Waals surface area (Å²) in [5, 5.41) is 0. The maximum Gasteiger partial charge on any atom is 0.103 e. The zero-order valence-corrected chi connectivity index (χ0v) is 12.3. The Hall–Kier alpha value is -1.13. The first-order valence-corrected chi connectivity index (χ1v) is 6.75. The molecule has 1 aromatic carbocycles. The molecular formula is C14H23N3S. The number of nitrogens with zero attached hydrogens (tertiary/aromatic N) is 2. The van der Waals surface area contributed by atoms with Crippen molar-refractivity contribution in [1.29, 1.82) is 0 Å². The van der Waals surface area contributed by atoms with Crippen molar-refractivity contribution < 1.29 is 0 Å². The number of anilines is 1. The second-order valence-electron chi connectivity index (χ2n) is 4.70. The fourth-order valence-corrected chi connectivity index (χ4v) is 1.93. The fraction of sp³-hybridized carbons (Fsp3) is 0.500. The van der Waals surface area contributed by atoms with Crippen LogP contribution in [0.4, 0.5) is 5.69 Å². The van der Waals surface area contributed by atoms with E-state index in [9.17, 15) is 0 Å². The van der Waals surface area contributed by atoms with Crippen molar-refractivity contribution in [2.75, 3.05) is 38.6 Å². The summed E-state index contributed by atoms with van der Waals surface area (Å²) in [4.78, 5) is 5.05. The smallest absolute Gasteiger partial charge is 0.103 e. The molecule has 3 nitrogen and oxygen atoms in total. The van der Waals surface area contributed by atoms with Gasteiger partial charge < -0.3 is 15.5 Å². The van der Waals surface area contributed by atoms with E-state index in [1.807, 2.05) is 12.1 Å². The molecule has 100 valence electrons. The van der Waals surface area contributed by atoms with Crippen LogP contribution in [0.1, 0.15) is 18.9 Å². The third-order valence-corrected chi connectivity index (χ3v) is 3.06. The van der Waals surface area contributed by atoms with E-state index in [1.165, 1.54) is 5.69 Å². The Kier molecular flexibility index (Phi) is 6.09. The van der Waals surface area contributed by atoms with Crippen LogP contribution in [0.3, 0.4) is 0 Å². The number of hydrogen-bond donors (Lipinski definition) is 1. The van der Waals surface area contributed by atoms with Crippen molar-refractivity contribution in [3.05, 3.63) is 29.8 Å². The Labute approximate surface area is 116 Å². The summed E-state index contributed by atoms with van der Waals surface area (Å²) in [5.74, 6) is 0. The summed E-state index contributed by atoms with van der Waals surface area (Å²) in [6.07, 6.45) is 1.14. The Balaban J connectivity index is 2.75. The average Bonchev–Trinajstić information content (AvgIpc) is 2.34. The van der Waals surface area contributed by atoms with Crippen LogP contribution in [-0.2, 0) is 0 Å². The quantitative estimate of drug-likeness (QED) is 0.765. The van der Waals surface area contributed by atoms with Crippen LogP contribution in [0.2, 0.25) is 0 Å². The van der Waals surface area contributed by atoms with Crippen molar-refractivity contribution >= 4 is 22.9 Å². The van der Waals surface area contributed by atoms with Gasteiger partial charge in [-0.1, -0.05) is 19.1 Å². The second kappa shape index (κ2) is 7.34. The van der Waals surface area contributed by atoms with Crippen molar-refractivity contribution in [2.45, 2.75) is 13.3 Å². The number of benzene rings is 1. The number of hydrogen-bond acceptors (Lipinski definition) is 3. The third kappa shape index (κ3) is 4.63. The van der Waals surface area contributed by atoms with Gasteiger partial charge in [0.2, 0.25) is 0 Å². The van der Waals surface area contributed by atoms with Crippen LogP contribution in [0.5, 0.6) is 0 Å². The van der Waals surface area contributed by atoms with Crippen LogP contribution in [-0.4, -0.2) is 43.6 Å². The highest BCUT2D eigenvalue weighted by molar-refractivity contribution is 7.80. The molecule has 2 N–H and O–H groups in total. The van der Waals surface area contributed by atoms with Crippen LogP contribution in [0, 0.1) is 0 Å². The Morgan fingerprint density at radius 1 is 1.11 bits per heavy atom. The van der Waals surface area contributed by atoms with Gasteiger partial charge in [0, 0.05) is 30.9 Å². The van der Waals surface area contributed by atoms with Gasteiger partial charge in [-0.3, -0.25) is 0 Å². The summed E-state index contributed by atoms with van der Waals surface area (Å²) in [5.41, 5.74) is 7.77. The van der Waals surface area contributed by atoms with Crippen molar-refractivity contribution in [1.82, 2.24) is 4.90 Å². The first-order valence-electron chi connectivity index (χ1n) is 6.34. The van der Waals surface area contributed by atoms with Gasteiger partial charge in [-0.2, -0.15) is 0 Å². The molecule has 0 heterocycles. The molecule has 4 heteroatoms. The first kappa shape index (κ1) is 14.9. The first-order chi connectivity index (χ1) is 8.54. The van der Waals surface area contributed by atoms with E-state index >= 15 is 0 Å². The van der Waals surface area contributed by atoms with E-state index in [4.69, 9.17) is 18.0 Å². The molecule has 1 aromatic rings. The van der Waals surface area contributed by atoms with Gasteiger partial charge in [-0.05, 0) is 44.8 Å². The normalized spacial score (nSPS) is 10.7. The lowest BCUT2D eigenvalue weighted by molar-refractivity contribution is 0.413. The molecule has 0 aliphatic carbocycles. The number of nitrogens with two attached hydrogens (primary N) is 1. The number of rotatable bonds is 7. The molecule has 0 radical (unpaired) electrons. The van der Waals surface area contributed by atoms with Gasteiger partial charge in [0.1, 0.15) is 4.99 Å². The second-order valence-corrected chi connectivity index (χ2v) is 5.14. The molecule has 0 aromatic heterocycles. The molecule has 0 atom stereocenters. The van der Waals surface area contributed by atoms with Gasteiger partial charge in [0.05, 0.1) is 0 Å². The molecule has 1 rings (SSSR count). The van der Waals surface area contributed by atoms with Crippen molar-refractivity contribution in [3.63, 3.8) is 0 Å². The Morgan fingerprint density at radius 3 is 2.17 bits per heavy atom. The lowest BCUT2D eigenvalue weighted by Gasteiger charge is -2.26. The monoisotopic (exact) mass is 265 g/mol. The molecule has 0 spiro atoms. The summed E-state index contributed by atoms with van der Waals surface area (Å²) in [7, 11) is 4.19. The summed E-state index contributed by atoms with van der Waals surface area (Å²) in [6.45, 7) is 5.36. The predicted octanol–water partition coefficient (Wildman–Crippen LogP) is 2.10. The zero-order valence-electron chi connectivity index (χ0n) is 11.5. The minimum atomic E-state index is 0.455. The standard InChI is InChI=1S/C14H23N3S/c1-4-9-17(11-10-16(2)3)13-7-5-12(6-8-13)14(15)18/h5-8H,4,9-11H2,1-3H3,(H2,15,18). The van der Waals surface area contributed by atoms with Crippen molar-refractivity contribution in [3.8, 4) is 0 Å². The highest BCUT2D eigenvalue weighted by Gasteiger charge is 2.06. The lowest BCUT2D eigenvalue weighted by atomic mass is 10.2. The Bertz CT molecular complexity index is 373. The van der Waals surface area contributed by atoms with E-state index in [-0.39, 0.29) is 0 Å². The van der Waals surface area contributed by atoms with Crippen LogP contribution < -0.4 is 10.6 Å². The summed E-state index contributed by atoms with van der Waals surface area (Å²) < 4.78 is 0. The predicted molar refractivity (Wildman–Crippen MR) is 83.4 cm³/mol. The molecule has 0 amide bonds. The maximum absolute atomic E-state index is 5.61. The van der Waals surface area contributed by atoms with E-state index in [1.54, 1.807) is 0 Å². The third-order valence-electron chi connectivity index (χ3n) is 2.83. The molecular weight excluding hydrogens is 242 g/mol. The molecule has 0 bridgehead atoms. The summed E-state index contributed by atoms with van der Waals surface area (Å²) in [6, 6.07) is 8.19. The van der Waals surface area contributed by atoms with E-state index in [2.05, 4.69) is 43.0 Å². The van der Waals surface area contributed by atoms with E-state index < -0.39 is 0 Å². The van der Waals surface area contributed by atoms with Crippen molar-refractivity contribution in [2.24, 2.45) is 5.73 Å². The zero-order chi connectivity index (χ0) is 13.5. The highest BCUT2D eigenvalue weighted by Crippen LogP contribution is 2.15. The SMILES string of the molecule is CCCN(CCN(C)C)c1ccc(C(N)=S)cc1. The van der Waals surface area contributed by atoms with E-state index in [0.29, 0.717) is 4.99 Å². The minimum Gasteiger partial charge on any atom is -0.389 e.